The summed E-state index contributed by atoms with van der Waals surface area (Å²) < 4.78 is 5.20. The van der Waals surface area contributed by atoms with Crippen molar-refractivity contribution in [3.63, 3.8) is 0 Å². The fraction of sp³-hybridized carbons (Fsp3) is 0.808. The quantitative estimate of drug-likeness (QED) is 0.455. The summed E-state index contributed by atoms with van der Waals surface area (Å²) in [7, 11) is 1.46. The Morgan fingerprint density at radius 2 is 1.79 bits per heavy atom. The Kier molecular flexibility index (Phi) is 4.71. The molecule has 0 aromatic carbocycles. The Balaban J connectivity index is 1.81. The highest BCUT2D eigenvalue weighted by Crippen LogP contribution is 2.72. The topological polar surface area (TPSA) is 46.5 Å². The average Bonchev–Trinajstić information content (AvgIpc) is 2.62. The van der Waals surface area contributed by atoms with E-state index in [0.717, 1.165) is 25.7 Å². The van der Waals surface area contributed by atoms with Gasteiger partial charge in [-0.1, -0.05) is 59.3 Å². The largest absolute Gasteiger partial charge is 0.469 e. The van der Waals surface area contributed by atoms with Gasteiger partial charge in [-0.05, 0) is 77.6 Å². The lowest BCUT2D eigenvalue weighted by molar-refractivity contribution is -0.176. The van der Waals surface area contributed by atoms with Gasteiger partial charge < -0.3 is 9.84 Å². The molecule has 3 saturated carbocycles. The summed E-state index contributed by atoms with van der Waals surface area (Å²) in [5, 5.41) is 10.9. The Labute approximate surface area is 177 Å². The maximum atomic E-state index is 12.8. The van der Waals surface area contributed by atoms with Crippen LogP contribution in [0.5, 0.6) is 0 Å². The summed E-state index contributed by atoms with van der Waals surface area (Å²) in [5.41, 5.74) is 2.75. The molecule has 0 amide bonds. The second-order valence-corrected chi connectivity index (χ2v) is 11.9. The monoisotopic (exact) mass is 400 g/mol. The molecule has 4 aliphatic carbocycles. The first-order valence-corrected chi connectivity index (χ1v) is 11.6. The number of methoxy groups -OCH3 is 1. The highest BCUT2D eigenvalue weighted by atomic mass is 16.5. The lowest BCUT2D eigenvalue weighted by Crippen LogP contribution is -2.62. The molecule has 4 aliphatic rings. The zero-order valence-corrected chi connectivity index (χ0v) is 19.3. The van der Waals surface area contributed by atoms with Crippen molar-refractivity contribution < 1.29 is 14.6 Å². The van der Waals surface area contributed by atoms with E-state index in [4.69, 9.17) is 4.74 Å². The highest BCUT2D eigenvalue weighted by molar-refractivity contribution is 5.77. The fourth-order valence-electron chi connectivity index (χ4n) is 8.83. The molecule has 0 unspecified atom stereocenters. The molecule has 3 heteroatoms. The fourth-order valence-corrected chi connectivity index (χ4v) is 8.83. The molecular formula is C26H40O3. The average molecular weight is 401 g/mol. The molecule has 0 spiro atoms. The number of esters is 1. The van der Waals surface area contributed by atoms with Gasteiger partial charge in [0.05, 0.1) is 19.1 Å². The third-order valence-corrected chi connectivity index (χ3v) is 10.1. The summed E-state index contributed by atoms with van der Waals surface area (Å²) in [6.45, 7) is 16.2. The molecule has 7 atom stereocenters. The van der Waals surface area contributed by atoms with Crippen molar-refractivity contribution in [2.24, 2.45) is 39.4 Å². The van der Waals surface area contributed by atoms with Crippen molar-refractivity contribution in [3.8, 4) is 0 Å². The zero-order valence-electron chi connectivity index (χ0n) is 19.3. The Hall–Kier alpha value is -1.09. The van der Waals surface area contributed by atoms with Gasteiger partial charge in [0, 0.05) is 0 Å². The molecule has 0 bridgehead atoms. The number of fused-ring (bicyclic) bond motifs is 5. The van der Waals surface area contributed by atoms with Crippen LogP contribution in [0.2, 0.25) is 0 Å². The van der Waals surface area contributed by atoms with E-state index in [1.807, 2.05) is 0 Å². The highest BCUT2D eigenvalue weighted by Gasteiger charge is 2.65. The van der Waals surface area contributed by atoms with Gasteiger partial charge >= 0.3 is 5.97 Å². The van der Waals surface area contributed by atoms with E-state index in [9.17, 15) is 9.90 Å². The second kappa shape index (κ2) is 6.45. The minimum atomic E-state index is -0.617. The first-order chi connectivity index (χ1) is 13.4. The molecule has 3 nitrogen and oxygen atoms in total. The van der Waals surface area contributed by atoms with Crippen molar-refractivity contribution in [2.75, 3.05) is 7.11 Å². The number of aliphatic hydroxyl groups is 1. The standard InChI is InChI=1S/C26H40O3/c1-16-17(27)15-20-25(5)13-9-18-23(2,3)11-8-12-24(18,4)19(25)10-14-26(20,6)21(16)22(28)29-7/h9,17,19-21,27H,1,8,10-15H2,2-7H3/t17-,19-,20+,21-,24+,25-,26+/m1/s1. The van der Waals surface area contributed by atoms with Crippen molar-refractivity contribution in [1.29, 1.82) is 0 Å². The predicted molar refractivity (Wildman–Crippen MR) is 116 cm³/mol. The molecule has 29 heavy (non-hydrogen) atoms. The number of rotatable bonds is 1. The SMILES string of the molecule is C=C1[C@H](C(=O)OC)[C@@]2(C)CC[C@H]3[C@@](C)(CC=C4C(C)(C)CCC[C@@]43C)[C@@H]2C[C@H]1O. The van der Waals surface area contributed by atoms with Gasteiger partial charge in [-0.15, -0.1) is 0 Å². The van der Waals surface area contributed by atoms with Gasteiger partial charge in [0.15, 0.2) is 0 Å². The molecule has 0 aliphatic heterocycles. The summed E-state index contributed by atoms with van der Waals surface area (Å²) in [6.07, 6.45) is 9.70. The Bertz CT molecular complexity index is 764. The minimum Gasteiger partial charge on any atom is -0.469 e. The van der Waals surface area contributed by atoms with Crippen LogP contribution in [0.1, 0.15) is 79.6 Å². The Morgan fingerprint density at radius 3 is 2.45 bits per heavy atom. The molecule has 0 aromatic heterocycles. The van der Waals surface area contributed by atoms with Crippen LogP contribution in [-0.2, 0) is 9.53 Å². The van der Waals surface area contributed by atoms with Gasteiger partial charge in [0.1, 0.15) is 0 Å². The normalized spacial score (nSPS) is 48.7. The molecule has 1 N–H and O–H groups in total. The van der Waals surface area contributed by atoms with Gasteiger partial charge in [-0.2, -0.15) is 0 Å². The second-order valence-electron chi connectivity index (χ2n) is 11.9. The van der Waals surface area contributed by atoms with Crippen LogP contribution < -0.4 is 0 Å². The molecule has 162 valence electrons. The number of carbonyl (C=O) groups is 1. The minimum absolute atomic E-state index is 0.0899. The van der Waals surface area contributed by atoms with E-state index in [2.05, 4.69) is 47.3 Å². The summed E-state index contributed by atoms with van der Waals surface area (Å²) in [4.78, 5) is 12.8. The van der Waals surface area contributed by atoms with Gasteiger partial charge in [-0.25, -0.2) is 0 Å². The lowest BCUT2D eigenvalue weighted by Gasteiger charge is -2.67. The van der Waals surface area contributed by atoms with Crippen molar-refractivity contribution in [3.05, 3.63) is 23.8 Å². The van der Waals surface area contributed by atoms with Gasteiger partial charge in [-0.3, -0.25) is 4.79 Å². The van der Waals surface area contributed by atoms with Crippen molar-refractivity contribution in [1.82, 2.24) is 0 Å². The van der Waals surface area contributed by atoms with Crippen LogP contribution in [0.4, 0.5) is 0 Å². The summed E-state index contributed by atoms with van der Waals surface area (Å²) in [6, 6.07) is 0. The number of ether oxygens (including phenoxy) is 1. The predicted octanol–water partition coefficient (Wildman–Crippen LogP) is 5.68. The van der Waals surface area contributed by atoms with Gasteiger partial charge in [0.25, 0.3) is 0 Å². The molecule has 0 aromatic rings. The van der Waals surface area contributed by atoms with E-state index in [1.54, 1.807) is 5.57 Å². The third kappa shape index (κ3) is 2.68. The maximum Gasteiger partial charge on any atom is 0.313 e. The number of hydrogen-bond acceptors (Lipinski definition) is 3. The maximum absolute atomic E-state index is 12.8. The van der Waals surface area contributed by atoms with Gasteiger partial charge in [0.2, 0.25) is 0 Å². The zero-order chi connectivity index (χ0) is 21.4. The van der Waals surface area contributed by atoms with Crippen LogP contribution in [0.15, 0.2) is 23.8 Å². The van der Waals surface area contributed by atoms with Crippen LogP contribution in [0, 0.1) is 39.4 Å². The van der Waals surface area contributed by atoms with E-state index < -0.39 is 12.0 Å². The van der Waals surface area contributed by atoms with Crippen LogP contribution in [0.25, 0.3) is 0 Å². The van der Waals surface area contributed by atoms with E-state index >= 15 is 0 Å². The number of carbonyl (C=O) groups excluding carboxylic acids is 1. The number of aliphatic hydroxyl groups excluding tert-OH is 1. The Morgan fingerprint density at radius 1 is 1.10 bits per heavy atom. The number of allylic oxidation sites excluding steroid dienone is 2. The smallest absolute Gasteiger partial charge is 0.313 e. The molecular weight excluding hydrogens is 360 g/mol. The molecule has 0 heterocycles. The summed E-state index contributed by atoms with van der Waals surface area (Å²) >= 11 is 0. The third-order valence-electron chi connectivity index (χ3n) is 10.1. The van der Waals surface area contributed by atoms with Crippen molar-refractivity contribution in [2.45, 2.75) is 85.7 Å². The number of hydrogen-bond donors (Lipinski definition) is 1. The first-order valence-electron chi connectivity index (χ1n) is 11.6. The summed E-state index contributed by atoms with van der Waals surface area (Å²) in [5.74, 6) is 0.267. The van der Waals surface area contributed by atoms with Crippen molar-refractivity contribution >= 4 is 5.97 Å². The van der Waals surface area contributed by atoms with E-state index in [1.165, 1.54) is 26.4 Å². The van der Waals surface area contributed by atoms with Crippen LogP contribution in [0.3, 0.4) is 0 Å². The van der Waals surface area contributed by atoms with Crippen LogP contribution >= 0.6 is 0 Å². The van der Waals surface area contributed by atoms with Crippen LogP contribution in [-0.4, -0.2) is 24.3 Å². The molecule has 0 saturated heterocycles. The molecule has 0 radical (unpaired) electrons. The molecule has 3 fully saturated rings. The van der Waals surface area contributed by atoms with E-state index in [0.29, 0.717) is 11.5 Å². The first kappa shape index (κ1) is 21.2. The lowest BCUT2D eigenvalue weighted by atomic mass is 9.37. The van der Waals surface area contributed by atoms with E-state index in [-0.39, 0.29) is 33.5 Å². The molecule has 4 rings (SSSR count).